The summed E-state index contributed by atoms with van der Waals surface area (Å²) >= 11 is 0. The zero-order valence-corrected chi connectivity index (χ0v) is 16.9. The Bertz CT molecular complexity index is 753. The first kappa shape index (κ1) is 20.8. The first-order valence-electron chi connectivity index (χ1n) is 9.94. The third kappa shape index (κ3) is 4.57. The number of piperidine rings is 1. The van der Waals surface area contributed by atoms with Crippen molar-refractivity contribution in [3.05, 3.63) is 53.9 Å². The van der Waals surface area contributed by atoms with Crippen molar-refractivity contribution in [1.29, 1.82) is 0 Å². The lowest BCUT2D eigenvalue weighted by atomic mass is 9.74. The van der Waals surface area contributed by atoms with Crippen LogP contribution in [0.4, 0.5) is 0 Å². The second-order valence-corrected chi connectivity index (χ2v) is 7.62. The molecule has 1 aromatic heterocycles. The maximum atomic E-state index is 12.7. The highest BCUT2D eigenvalue weighted by Crippen LogP contribution is 2.34. The molecule has 0 bridgehead atoms. The highest BCUT2D eigenvalue weighted by atomic mass is 35.5. The Morgan fingerprint density at radius 3 is 2.75 bits per heavy atom. The van der Waals surface area contributed by atoms with E-state index in [1.807, 2.05) is 23.0 Å². The smallest absolute Gasteiger partial charge is 0.271 e. The predicted molar refractivity (Wildman–Crippen MR) is 111 cm³/mol. The Labute approximate surface area is 172 Å². The molecule has 4 rings (SSSR count). The molecule has 1 atom stereocenters. The van der Waals surface area contributed by atoms with Crippen molar-refractivity contribution in [3.63, 3.8) is 0 Å². The topological polar surface area (TPSA) is 68.2 Å². The number of hydrogen-bond acceptors (Lipinski definition) is 4. The molecule has 28 heavy (non-hydrogen) atoms. The van der Waals surface area contributed by atoms with E-state index in [2.05, 4.69) is 40.0 Å². The number of ether oxygens (including phenoxy) is 1. The molecule has 2 N–H and O–H groups in total. The Morgan fingerprint density at radius 2 is 2.04 bits per heavy atom. The van der Waals surface area contributed by atoms with Gasteiger partial charge in [0.15, 0.2) is 0 Å². The normalized spacial score (nSPS) is 21.5. The van der Waals surface area contributed by atoms with Crippen molar-refractivity contribution >= 4 is 18.3 Å². The fraction of sp³-hybridized carbons (Fsp3) is 0.524. The summed E-state index contributed by atoms with van der Waals surface area (Å²) in [5, 5.41) is 11.1. The van der Waals surface area contributed by atoms with Gasteiger partial charge < -0.3 is 15.4 Å². The summed E-state index contributed by atoms with van der Waals surface area (Å²) in [6.07, 6.45) is 6.01. The minimum absolute atomic E-state index is 0. The van der Waals surface area contributed by atoms with Crippen LogP contribution in [0.5, 0.6) is 0 Å². The first-order chi connectivity index (χ1) is 13.3. The summed E-state index contributed by atoms with van der Waals surface area (Å²) in [4.78, 5) is 12.7. The summed E-state index contributed by atoms with van der Waals surface area (Å²) in [5.41, 5.74) is 1.70. The highest BCUT2D eigenvalue weighted by Gasteiger charge is 2.35. The van der Waals surface area contributed by atoms with Crippen molar-refractivity contribution in [2.75, 3.05) is 32.8 Å². The zero-order chi connectivity index (χ0) is 18.5. The molecule has 0 radical (unpaired) electrons. The first-order valence-corrected chi connectivity index (χ1v) is 9.94. The molecule has 1 amide bonds. The second kappa shape index (κ2) is 9.54. The zero-order valence-electron chi connectivity index (χ0n) is 16.1. The summed E-state index contributed by atoms with van der Waals surface area (Å²) in [6.45, 7) is 4.05. The summed E-state index contributed by atoms with van der Waals surface area (Å²) < 4.78 is 7.51. The minimum Gasteiger partial charge on any atom is -0.381 e. The lowest BCUT2D eigenvalue weighted by Crippen LogP contribution is -2.44. The lowest BCUT2D eigenvalue weighted by molar-refractivity contribution is 0.0486. The lowest BCUT2D eigenvalue weighted by Gasteiger charge is -2.37. The minimum atomic E-state index is -0.0979. The van der Waals surface area contributed by atoms with Gasteiger partial charge in [-0.05, 0) is 43.9 Å². The van der Waals surface area contributed by atoms with Gasteiger partial charge in [-0.3, -0.25) is 9.48 Å². The molecule has 6 nitrogen and oxygen atoms in total. The van der Waals surface area contributed by atoms with E-state index in [1.54, 1.807) is 0 Å². The van der Waals surface area contributed by atoms with E-state index < -0.39 is 0 Å². The Morgan fingerprint density at radius 1 is 1.25 bits per heavy atom. The molecule has 1 unspecified atom stereocenters. The van der Waals surface area contributed by atoms with Gasteiger partial charge in [-0.1, -0.05) is 30.3 Å². The largest absolute Gasteiger partial charge is 0.381 e. The number of halogens is 1. The van der Waals surface area contributed by atoms with Gasteiger partial charge in [0.1, 0.15) is 5.69 Å². The van der Waals surface area contributed by atoms with E-state index in [0.29, 0.717) is 18.3 Å². The van der Waals surface area contributed by atoms with Crippen LogP contribution in [0.2, 0.25) is 0 Å². The molecule has 0 aliphatic carbocycles. The molecule has 0 saturated carbocycles. The van der Waals surface area contributed by atoms with Crippen molar-refractivity contribution in [2.24, 2.45) is 0 Å². The van der Waals surface area contributed by atoms with E-state index >= 15 is 0 Å². The van der Waals surface area contributed by atoms with Crippen LogP contribution in [0, 0.1) is 0 Å². The number of hydrogen-bond donors (Lipinski definition) is 2. The van der Waals surface area contributed by atoms with E-state index in [-0.39, 0.29) is 23.7 Å². The molecule has 0 spiro atoms. The monoisotopic (exact) mass is 404 g/mol. The molecule has 3 heterocycles. The highest BCUT2D eigenvalue weighted by molar-refractivity contribution is 5.92. The van der Waals surface area contributed by atoms with Gasteiger partial charge in [-0.2, -0.15) is 5.10 Å². The van der Waals surface area contributed by atoms with Gasteiger partial charge in [0.25, 0.3) is 5.91 Å². The number of benzene rings is 1. The van der Waals surface area contributed by atoms with Crippen LogP contribution in [0.3, 0.4) is 0 Å². The summed E-state index contributed by atoms with van der Waals surface area (Å²) in [5.74, 6) is -0.0979. The quantitative estimate of drug-likeness (QED) is 0.804. The van der Waals surface area contributed by atoms with Gasteiger partial charge in [-0.15, -0.1) is 12.4 Å². The summed E-state index contributed by atoms with van der Waals surface area (Å²) in [7, 11) is 0. The maximum Gasteiger partial charge on any atom is 0.271 e. The average molecular weight is 405 g/mol. The number of carbonyl (C=O) groups excluding carboxylic acids is 1. The van der Waals surface area contributed by atoms with E-state index in [4.69, 9.17) is 4.74 Å². The van der Waals surface area contributed by atoms with Gasteiger partial charge in [-0.25, -0.2) is 0 Å². The van der Waals surface area contributed by atoms with Gasteiger partial charge in [0, 0.05) is 37.9 Å². The number of rotatable bonds is 5. The molecule has 2 saturated heterocycles. The van der Waals surface area contributed by atoms with Gasteiger partial charge in [0.2, 0.25) is 0 Å². The van der Waals surface area contributed by atoms with E-state index in [1.165, 1.54) is 5.56 Å². The molecule has 2 aromatic rings. The molecular formula is C21H29ClN4O2. The molecule has 152 valence electrons. The van der Waals surface area contributed by atoms with Crippen LogP contribution in [-0.4, -0.2) is 48.5 Å². The fourth-order valence-corrected chi connectivity index (χ4v) is 4.18. The van der Waals surface area contributed by atoms with Crippen LogP contribution >= 0.6 is 12.4 Å². The molecule has 2 aliphatic rings. The van der Waals surface area contributed by atoms with E-state index in [9.17, 15) is 4.79 Å². The SMILES string of the molecule is Cl.O=C(NCC1(c2ccccc2)CCOCC1)c1ccn(C2CCCNC2)n1. The Hall–Kier alpha value is -1.89. The van der Waals surface area contributed by atoms with Crippen LogP contribution in [0.1, 0.15) is 47.8 Å². The predicted octanol–water partition coefficient (Wildman–Crippen LogP) is 2.71. The molecule has 2 aliphatic heterocycles. The van der Waals surface area contributed by atoms with Crippen LogP contribution < -0.4 is 10.6 Å². The molecular weight excluding hydrogens is 376 g/mol. The van der Waals surface area contributed by atoms with Crippen molar-refractivity contribution in [2.45, 2.75) is 37.1 Å². The van der Waals surface area contributed by atoms with E-state index in [0.717, 1.165) is 52.0 Å². The maximum absolute atomic E-state index is 12.7. The Balaban J connectivity index is 0.00000225. The number of nitrogens with one attached hydrogen (secondary N) is 2. The third-order valence-corrected chi connectivity index (χ3v) is 5.91. The van der Waals surface area contributed by atoms with Crippen molar-refractivity contribution in [3.8, 4) is 0 Å². The number of aromatic nitrogens is 2. The fourth-order valence-electron chi connectivity index (χ4n) is 4.18. The number of carbonyl (C=O) groups is 1. The Kier molecular flexibility index (Phi) is 7.10. The molecule has 2 fully saturated rings. The van der Waals surface area contributed by atoms with Crippen molar-refractivity contribution < 1.29 is 9.53 Å². The molecule has 1 aromatic carbocycles. The number of nitrogens with zero attached hydrogens (tertiary/aromatic N) is 2. The van der Waals surface area contributed by atoms with Crippen LogP contribution in [0.15, 0.2) is 42.6 Å². The van der Waals surface area contributed by atoms with Crippen LogP contribution in [-0.2, 0) is 10.2 Å². The second-order valence-electron chi connectivity index (χ2n) is 7.62. The van der Waals surface area contributed by atoms with Gasteiger partial charge >= 0.3 is 0 Å². The summed E-state index contributed by atoms with van der Waals surface area (Å²) in [6, 6.07) is 12.6. The molecule has 7 heteroatoms. The van der Waals surface area contributed by atoms with Crippen molar-refractivity contribution in [1.82, 2.24) is 20.4 Å². The average Bonchev–Trinajstić information content (AvgIpc) is 3.24. The van der Waals surface area contributed by atoms with Gasteiger partial charge in [0.05, 0.1) is 6.04 Å². The number of amides is 1. The van der Waals surface area contributed by atoms with Crippen LogP contribution in [0.25, 0.3) is 0 Å². The third-order valence-electron chi connectivity index (χ3n) is 5.91. The standard InChI is InChI=1S/C21H28N4O2.ClH/c26-20(19-8-12-25(24-19)18-7-4-11-22-15-18)23-16-21(9-13-27-14-10-21)17-5-2-1-3-6-17;/h1-3,5-6,8,12,18,22H,4,7,9-11,13-16H2,(H,23,26);1H.